The summed E-state index contributed by atoms with van der Waals surface area (Å²) in [4.78, 5) is 21.6. The maximum atomic E-state index is 13.4. The summed E-state index contributed by atoms with van der Waals surface area (Å²) in [6.45, 7) is 0. The average molecular weight is 446 g/mol. The molecule has 152 valence electrons. The molecule has 4 nitrogen and oxygen atoms in total. The van der Waals surface area contributed by atoms with Gasteiger partial charge in [-0.3, -0.25) is 4.79 Å². The molecule has 0 saturated heterocycles. The van der Waals surface area contributed by atoms with Crippen LogP contribution in [0.25, 0.3) is 31.4 Å². The summed E-state index contributed by atoms with van der Waals surface area (Å²) in [6.07, 6.45) is 0.158. The summed E-state index contributed by atoms with van der Waals surface area (Å²) in [7, 11) is 0. The van der Waals surface area contributed by atoms with E-state index in [1.165, 1.54) is 23.5 Å². The third-order valence-corrected chi connectivity index (χ3v) is 6.70. The van der Waals surface area contributed by atoms with Gasteiger partial charge in [0.2, 0.25) is 5.91 Å². The van der Waals surface area contributed by atoms with E-state index in [0.717, 1.165) is 26.5 Å². The van der Waals surface area contributed by atoms with Gasteiger partial charge in [0, 0.05) is 22.2 Å². The zero-order valence-corrected chi connectivity index (χ0v) is 17.8. The van der Waals surface area contributed by atoms with Gasteiger partial charge in [0.15, 0.2) is 0 Å². The first kappa shape index (κ1) is 19.5. The summed E-state index contributed by atoms with van der Waals surface area (Å²) in [5, 5.41) is 6.38. The predicted molar refractivity (Wildman–Crippen MR) is 125 cm³/mol. The van der Waals surface area contributed by atoms with E-state index in [1.807, 2.05) is 47.8 Å². The lowest BCUT2D eigenvalue weighted by atomic mass is 10.2. The van der Waals surface area contributed by atoms with Crippen molar-refractivity contribution in [3.05, 3.63) is 89.7 Å². The number of carbonyl (C=O) groups is 1. The van der Waals surface area contributed by atoms with E-state index in [0.29, 0.717) is 16.3 Å². The number of thiazole rings is 2. The molecule has 0 saturated carbocycles. The molecule has 0 radical (unpaired) electrons. The Kier molecular flexibility index (Phi) is 5.28. The van der Waals surface area contributed by atoms with Crippen LogP contribution in [0.15, 0.2) is 78.2 Å². The highest BCUT2D eigenvalue weighted by Gasteiger charge is 2.11. The van der Waals surface area contributed by atoms with E-state index in [1.54, 1.807) is 23.5 Å². The molecule has 0 aliphatic rings. The number of halogens is 1. The highest BCUT2D eigenvalue weighted by molar-refractivity contribution is 7.21. The average Bonchev–Trinajstić information content (AvgIpc) is 3.41. The number of fused-ring (bicyclic) bond motifs is 1. The van der Waals surface area contributed by atoms with Crippen LogP contribution in [0.4, 0.5) is 10.1 Å². The Hall–Kier alpha value is -3.42. The molecule has 31 heavy (non-hydrogen) atoms. The number of hydrogen-bond donors (Lipinski definition) is 1. The molecule has 2 heterocycles. The van der Waals surface area contributed by atoms with Gasteiger partial charge in [-0.25, -0.2) is 14.4 Å². The Bertz CT molecular complexity index is 1340. The molecule has 0 fully saturated rings. The summed E-state index contributed by atoms with van der Waals surface area (Å²) >= 11 is 3.04. The van der Waals surface area contributed by atoms with Crippen LogP contribution in [-0.2, 0) is 11.2 Å². The van der Waals surface area contributed by atoms with Crippen LogP contribution in [0.3, 0.4) is 0 Å². The molecule has 0 aliphatic heterocycles. The third kappa shape index (κ3) is 4.38. The lowest BCUT2D eigenvalue weighted by Crippen LogP contribution is -2.14. The second-order valence-electron chi connectivity index (χ2n) is 6.94. The van der Waals surface area contributed by atoms with E-state index in [-0.39, 0.29) is 18.1 Å². The first-order valence-electron chi connectivity index (χ1n) is 9.60. The molecule has 0 spiro atoms. The summed E-state index contributed by atoms with van der Waals surface area (Å²) in [6, 6.07) is 22.0. The van der Waals surface area contributed by atoms with Crippen LogP contribution < -0.4 is 5.32 Å². The number of nitrogens with one attached hydrogen (secondary N) is 1. The van der Waals surface area contributed by atoms with Crippen LogP contribution in [0.1, 0.15) is 5.69 Å². The van der Waals surface area contributed by atoms with Gasteiger partial charge in [-0.1, -0.05) is 24.3 Å². The van der Waals surface area contributed by atoms with E-state index in [4.69, 9.17) is 0 Å². The van der Waals surface area contributed by atoms with Crippen molar-refractivity contribution < 1.29 is 9.18 Å². The van der Waals surface area contributed by atoms with E-state index in [2.05, 4.69) is 21.4 Å². The molecular formula is C24H16FN3OS2. The Morgan fingerprint density at radius 3 is 2.55 bits per heavy atom. The number of benzene rings is 3. The minimum atomic E-state index is -0.304. The highest BCUT2D eigenvalue weighted by Crippen LogP contribution is 2.30. The van der Waals surface area contributed by atoms with Crippen molar-refractivity contribution >= 4 is 44.5 Å². The molecule has 1 N–H and O–H groups in total. The number of anilines is 1. The number of amides is 1. The van der Waals surface area contributed by atoms with Gasteiger partial charge >= 0.3 is 0 Å². The van der Waals surface area contributed by atoms with Crippen LogP contribution in [0, 0.1) is 5.82 Å². The molecule has 0 unspecified atom stereocenters. The van der Waals surface area contributed by atoms with Crippen molar-refractivity contribution in [1.29, 1.82) is 0 Å². The Morgan fingerprint density at radius 1 is 0.903 bits per heavy atom. The topological polar surface area (TPSA) is 54.9 Å². The van der Waals surface area contributed by atoms with Crippen LogP contribution in [0.2, 0.25) is 0 Å². The minimum Gasteiger partial charge on any atom is -0.326 e. The summed E-state index contributed by atoms with van der Waals surface area (Å²) in [5.41, 5.74) is 4.09. The van der Waals surface area contributed by atoms with Gasteiger partial charge in [-0.05, 0) is 48.5 Å². The predicted octanol–water partition coefficient (Wildman–Crippen LogP) is 6.41. The standard InChI is InChI=1S/C24H16FN3OS2/c25-17-5-3-4-16(12-17)23-27-19(14-30-23)13-22(29)26-18-10-8-15(9-11-18)24-28-20-6-1-2-7-21(20)31-24/h1-12,14H,13H2,(H,26,29). The highest BCUT2D eigenvalue weighted by atomic mass is 32.1. The lowest BCUT2D eigenvalue weighted by Gasteiger charge is -2.05. The first-order chi connectivity index (χ1) is 15.1. The molecular weight excluding hydrogens is 429 g/mol. The van der Waals surface area contributed by atoms with Gasteiger partial charge in [0.25, 0.3) is 0 Å². The van der Waals surface area contributed by atoms with Crippen molar-refractivity contribution in [2.45, 2.75) is 6.42 Å². The van der Waals surface area contributed by atoms with Crippen molar-refractivity contribution in [3.8, 4) is 21.1 Å². The monoisotopic (exact) mass is 445 g/mol. The molecule has 1 amide bonds. The molecule has 3 aromatic carbocycles. The van der Waals surface area contributed by atoms with E-state index < -0.39 is 0 Å². The molecule has 7 heteroatoms. The summed E-state index contributed by atoms with van der Waals surface area (Å²) < 4.78 is 14.6. The smallest absolute Gasteiger partial charge is 0.230 e. The maximum absolute atomic E-state index is 13.4. The van der Waals surface area contributed by atoms with Crippen LogP contribution in [-0.4, -0.2) is 15.9 Å². The van der Waals surface area contributed by atoms with E-state index in [9.17, 15) is 9.18 Å². The maximum Gasteiger partial charge on any atom is 0.230 e. The molecule has 0 aliphatic carbocycles. The van der Waals surface area contributed by atoms with Gasteiger partial charge in [0.1, 0.15) is 15.8 Å². The zero-order valence-electron chi connectivity index (χ0n) is 16.2. The number of rotatable bonds is 5. The number of hydrogen-bond acceptors (Lipinski definition) is 5. The Labute approximate surface area is 186 Å². The van der Waals surface area contributed by atoms with Gasteiger partial charge < -0.3 is 5.32 Å². The Balaban J connectivity index is 1.24. The first-order valence-corrected chi connectivity index (χ1v) is 11.3. The largest absolute Gasteiger partial charge is 0.326 e. The lowest BCUT2D eigenvalue weighted by molar-refractivity contribution is -0.115. The number of para-hydroxylation sites is 1. The second kappa shape index (κ2) is 8.37. The van der Waals surface area contributed by atoms with Crippen LogP contribution >= 0.6 is 22.7 Å². The third-order valence-electron chi connectivity index (χ3n) is 4.67. The van der Waals surface area contributed by atoms with Crippen molar-refractivity contribution in [3.63, 3.8) is 0 Å². The molecule has 0 atom stereocenters. The number of aromatic nitrogens is 2. The zero-order chi connectivity index (χ0) is 21.2. The van der Waals surface area contributed by atoms with Gasteiger partial charge in [0.05, 0.1) is 22.3 Å². The Morgan fingerprint density at radius 2 is 1.74 bits per heavy atom. The van der Waals surface area contributed by atoms with Crippen molar-refractivity contribution in [1.82, 2.24) is 9.97 Å². The van der Waals surface area contributed by atoms with Gasteiger partial charge in [-0.2, -0.15) is 0 Å². The summed E-state index contributed by atoms with van der Waals surface area (Å²) in [5.74, 6) is -0.454. The molecule has 5 aromatic rings. The fourth-order valence-corrected chi connectivity index (χ4v) is 4.99. The van der Waals surface area contributed by atoms with Gasteiger partial charge in [-0.15, -0.1) is 22.7 Å². The fraction of sp³-hybridized carbons (Fsp3) is 0.0417. The molecule has 2 aromatic heterocycles. The number of nitrogens with zero attached hydrogens (tertiary/aromatic N) is 2. The quantitative estimate of drug-likeness (QED) is 0.340. The number of carbonyl (C=O) groups excluding carboxylic acids is 1. The van der Waals surface area contributed by atoms with Crippen molar-refractivity contribution in [2.24, 2.45) is 0 Å². The normalized spacial score (nSPS) is 11.0. The van der Waals surface area contributed by atoms with E-state index >= 15 is 0 Å². The van der Waals surface area contributed by atoms with Crippen LogP contribution in [0.5, 0.6) is 0 Å². The SMILES string of the molecule is O=C(Cc1csc(-c2cccc(F)c2)n1)Nc1ccc(-c2nc3ccccc3s2)cc1. The fourth-order valence-electron chi connectivity index (χ4n) is 3.20. The second-order valence-corrected chi connectivity index (χ2v) is 8.83. The van der Waals surface area contributed by atoms with Crippen molar-refractivity contribution in [2.75, 3.05) is 5.32 Å². The molecule has 0 bridgehead atoms. The minimum absolute atomic E-state index is 0.149. The molecule has 5 rings (SSSR count).